The van der Waals surface area contributed by atoms with Crippen LogP contribution in [0, 0.1) is 0 Å². The molecule has 2 atom stereocenters. The Balaban J connectivity index is 2.01. The van der Waals surface area contributed by atoms with Crippen molar-refractivity contribution in [3.05, 3.63) is 47.0 Å². The molecule has 1 saturated heterocycles. The molecular weight excluding hydrogens is 316 g/mol. The maximum absolute atomic E-state index is 11.6. The lowest BCUT2D eigenvalue weighted by Gasteiger charge is -2.35. The lowest BCUT2D eigenvalue weighted by molar-refractivity contribution is 0.127. The van der Waals surface area contributed by atoms with Gasteiger partial charge < -0.3 is 10.0 Å². The number of H-pyrrole nitrogens is 1. The summed E-state index contributed by atoms with van der Waals surface area (Å²) in [6, 6.07) is 7.52. The molecular formula is C16H19ClN4O2. The first-order chi connectivity index (χ1) is 11.1. The Bertz CT molecular complexity index is 674. The highest BCUT2D eigenvalue weighted by molar-refractivity contribution is 6.30. The largest absolute Gasteiger partial charge is 0.465 e. The van der Waals surface area contributed by atoms with Gasteiger partial charge in [-0.15, -0.1) is 0 Å². The Morgan fingerprint density at radius 3 is 2.78 bits per heavy atom. The van der Waals surface area contributed by atoms with Crippen LogP contribution in [0.4, 0.5) is 4.79 Å². The number of carbonyl (C=O) groups is 1. The monoisotopic (exact) mass is 334 g/mol. The van der Waals surface area contributed by atoms with E-state index in [1.165, 1.54) is 4.90 Å². The van der Waals surface area contributed by atoms with E-state index in [4.69, 9.17) is 11.6 Å². The van der Waals surface area contributed by atoms with Gasteiger partial charge in [0.2, 0.25) is 0 Å². The van der Waals surface area contributed by atoms with E-state index in [1.54, 1.807) is 6.33 Å². The molecule has 1 aromatic heterocycles. The zero-order chi connectivity index (χ0) is 16.4. The maximum Gasteiger partial charge on any atom is 0.407 e. The molecule has 122 valence electrons. The van der Waals surface area contributed by atoms with Gasteiger partial charge in [0.25, 0.3) is 0 Å². The molecule has 2 unspecified atom stereocenters. The Morgan fingerprint density at radius 2 is 2.22 bits per heavy atom. The molecule has 7 heteroatoms. The molecule has 23 heavy (non-hydrogen) atoms. The Morgan fingerprint density at radius 1 is 1.48 bits per heavy atom. The van der Waals surface area contributed by atoms with Gasteiger partial charge in [0, 0.05) is 17.6 Å². The van der Waals surface area contributed by atoms with E-state index in [-0.39, 0.29) is 6.04 Å². The second-order valence-corrected chi connectivity index (χ2v) is 6.37. The van der Waals surface area contributed by atoms with Gasteiger partial charge in [0.05, 0.1) is 5.41 Å². The van der Waals surface area contributed by atoms with Gasteiger partial charge >= 0.3 is 6.09 Å². The third-order valence-corrected chi connectivity index (χ3v) is 4.99. The summed E-state index contributed by atoms with van der Waals surface area (Å²) in [6.07, 6.45) is 2.77. The first-order valence-corrected chi connectivity index (χ1v) is 8.05. The molecule has 6 nitrogen and oxygen atoms in total. The fraction of sp³-hybridized carbons (Fsp3) is 0.438. The van der Waals surface area contributed by atoms with E-state index >= 15 is 0 Å². The summed E-state index contributed by atoms with van der Waals surface area (Å²) in [5.41, 5.74) is 0.686. The van der Waals surface area contributed by atoms with Crippen LogP contribution in [0.1, 0.15) is 31.2 Å². The smallest absolute Gasteiger partial charge is 0.407 e. The molecule has 0 spiro atoms. The molecule has 0 saturated carbocycles. The number of hydrogen-bond acceptors (Lipinski definition) is 3. The summed E-state index contributed by atoms with van der Waals surface area (Å²) in [5.74, 6) is 0.683. The van der Waals surface area contributed by atoms with Gasteiger partial charge in [-0.2, -0.15) is 5.10 Å². The van der Waals surface area contributed by atoms with Gasteiger partial charge in [-0.1, -0.05) is 30.7 Å². The van der Waals surface area contributed by atoms with Crippen molar-refractivity contribution in [1.29, 1.82) is 0 Å². The number of nitrogens with one attached hydrogen (secondary N) is 1. The summed E-state index contributed by atoms with van der Waals surface area (Å²) in [5, 5.41) is 17.3. The fourth-order valence-corrected chi connectivity index (χ4v) is 3.87. The van der Waals surface area contributed by atoms with Crippen molar-refractivity contribution < 1.29 is 9.90 Å². The molecule has 1 amide bonds. The highest BCUT2D eigenvalue weighted by Crippen LogP contribution is 2.42. The van der Waals surface area contributed by atoms with Gasteiger partial charge in [-0.25, -0.2) is 9.78 Å². The zero-order valence-electron chi connectivity index (χ0n) is 12.9. The van der Waals surface area contributed by atoms with Crippen molar-refractivity contribution in [2.24, 2.45) is 0 Å². The van der Waals surface area contributed by atoms with Crippen molar-refractivity contribution >= 4 is 17.7 Å². The minimum Gasteiger partial charge on any atom is -0.465 e. The third kappa shape index (κ3) is 2.79. The summed E-state index contributed by atoms with van der Waals surface area (Å²) >= 11 is 5.97. The van der Waals surface area contributed by atoms with Crippen molar-refractivity contribution in [2.75, 3.05) is 6.54 Å². The quantitative estimate of drug-likeness (QED) is 0.900. The van der Waals surface area contributed by atoms with E-state index in [9.17, 15) is 9.90 Å². The number of halogens is 1. The van der Waals surface area contributed by atoms with E-state index in [0.717, 1.165) is 5.56 Å². The van der Waals surface area contributed by atoms with Crippen molar-refractivity contribution in [3.8, 4) is 0 Å². The fourth-order valence-electron chi connectivity index (χ4n) is 3.74. The number of benzene rings is 1. The lowest BCUT2D eigenvalue weighted by Crippen LogP contribution is -2.46. The highest BCUT2D eigenvalue weighted by atomic mass is 35.5. The second-order valence-electron chi connectivity index (χ2n) is 5.93. The van der Waals surface area contributed by atoms with E-state index in [0.29, 0.717) is 36.7 Å². The zero-order valence-corrected chi connectivity index (χ0v) is 13.6. The summed E-state index contributed by atoms with van der Waals surface area (Å²) in [7, 11) is 0. The Labute approximate surface area is 139 Å². The number of amides is 1. The minimum absolute atomic E-state index is 0.147. The molecule has 0 aliphatic carbocycles. The lowest BCUT2D eigenvalue weighted by atomic mass is 9.73. The van der Waals surface area contributed by atoms with Crippen LogP contribution >= 0.6 is 11.6 Å². The van der Waals surface area contributed by atoms with Crippen LogP contribution in [0.2, 0.25) is 5.02 Å². The molecule has 1 aromatic carbocycles. The predicted octanol–water partition coefficient (Wildman–Crippen LogP) is 3.10. The van der Waals surface area contributed by atoms with E-state index in [1.807, 2.05) is 31.2 Å². The molecule has 0 radical (unpaired) electrons. The van der Waals surface area contributed by atoms with Crippen LogP contribution in [0.5, 0.6) is 0 Å². The molecule has 1 aliphatic rings. The summed E-state index contributed by atoms with van der Waals surface area (Å²) < 4.78 is 0. The average molecular weight is 335 g/mol. The first-order valence-electron chi connectivity index (χ1n) is 7.67. The number of aromatic amines is 1. The predicted molar refractivity (Wildman–Crippen MR) is 86.6 cm³/mol. The van der Waals surface area contributed by atoms with Gasteiger partial charge in [-0.05, 0) is 37.0 Å². The Hall–Kier alpha value is -2.08. The number of aromatic nitrogens is 3. The van der Waals surface area contributed by atoms with Crippen LogP contribution < -0.4 is 0 Å². The van der Waals surface area contributed by atoms with E-state index < -0.39 is 11.5 Å². The number of hydrogen-bond donors (Lipinski definition) is 2. The average Bonchev–Trinajstić information content (AvgIpc) is 3.17. The number of likely N-dealkylation sites (tertiary alicyclic amines) is 1. The highest BCUT2D eigenvalue weighted by Gasteiger charge is 2.51. The summed E-state index contributed by atoms with van der Waals surface area (Å²) in [4.78, 5) is 17.5. The molecule has 1 fully saturated rings. The molecule has 0 bridgehead atoms. The van der Waals surface area contributed by atoms with Crippen LogP contribution in [0.25, 0.3) is 0 Å². The van der Waals surface area contributed by atoms with Crippen LogP contribution in [0.3, 0.4) is 0 Å². The van der Waals surface area contributed by atoms with E-state index in [2.05, 4.69) is 15.2 Å². The van der Waals surface area contributed by atoms with Crippen LogP contribution in [-0.4, -0.2) is 43.9 Å². The first kappa shape index (κ1) is 15.8. The van der Waals surface area contributed by atoms with Crippen molar-refractivity contribution in [3.63, 3.8) is 0 Å². The van der Waals surface area contributed by atoms with Crippen LogP contribution in [0.15, 0.2) is 30.6 Å². The van der Waals surface area contributed by atoms with Crippen LogP contribution in [-0.2, 0) is 11.8 Å². The number of rotatable bonds is 4. The second kappa shape index (κ2) is 6.20. The molecule has 2 aromatic rings. The maximum atomic E-state index is 11.6. The molecule has 3 rings (SSSR count). The molecule has 1 aliphatic heterocycles. The summed E-state index contributed by atoms with van der Waals surface area (Å²) in [6.45, 7) is 2.51. The van der Waals surface area contributed by atoms with Gasteiger partial charge in [0.15, 0.2) is 5.82 Å². The standard InChI is InChI=1S/C16H19ClN4O2/c1-2-13-16(14-18-10-19-20-14,7-8-21(13)15(22)23)9-11-3-5-12(17)6-4-11/h3-6,10,13H,2,7-9H2,1H3,(H,22,23)(H,18,19,20). The SMILES string of the molecule is CCC1N(C(=O)O)CCC1(Cc1ccc(Cl)cc1)c1nc[nH]n1. The van der Waals surface area contributed by atoms with Gasteiger partial charge in [-0.3, -0.25) is 5.10 Å². The Kier molecular flexibility index (Phi) is 4.26. The van der Waals surface area contributed by atoms with Gasteiger partial charge in [0.1, 0.15) is 6.33 Å². The number of nitrogens with zero attached hydrogens (tertiary/aromatic N) is 3. The molecule has 2 heterocycles. The normalized spacial score (nSPS) is 24.1. The molecule has 2 N–H and O–H groups in total. The third-order valence-electron chi connectivity index (χ3n) is 4.74. The van der Waals surface area contributed by atoms with Crippen molar-refractivity contribution in [2.45, 2.75) is 37.6 Å². The van der Waals surface area contributed by atoms with Crippen molar-refractivity contribution in [1.82, 2.24) is 20.1 Å². The minimum atomic E-state index is -0.884. The number of carboxylic acid groups (broad SMARTS) is 1. The topological polar surface area (TPSA) is 82.1 Å².